The van der Waals surface area contributed by atoms with Crippen molar-refractivity contribution in [1.82, 2.24) is 0 Å². The minimum absolute atomic E-state index is 0.0834. The van der Waals surface area contributed by atoms with Gasteiger partial charge in [0.2, 0.25) is 0 Å². The van der Waals surface area contributed by atoms with E-state index in [1.807, 2.05) is 0 Å². The van der Waals surface area contributed by atoms with E-state index in [1.54, 1.807) is 6.08 Å². The van der Waals surface area contributed by atoms with E-state index >= 15 is 0 Å². The first-order valence-corrected chi connectivity index (χ1v) is 7.47. The summed E-state index contributed by atoms with van der Waals surface area (Å²) in [6, 6.07) is 0. The van der Waals surface area contributed by atoms with Crippen molar-refractivity contribution in [2.75, 3.05) is 33.2 Å². The van der Waals surface area contributed by atoms with E-state index in [1.165, 1.54) is 12.8 Å². The van der Waals surface area contributed by atoms with Gasteiger partial charge in [-0.15, -0.1) is 6.58 Å². The Bertz CT molecular complexity index is 321. The summed E-state index contributed by atoms with van der Waals surface area (Å²) in [5.74, 6) is -0.454. The maximum absolute atomic E-state index is 11.5. The third-order valence-corrected chi connectivity index (χ3v) is 3.23. The fraction of sp³-hybridized carbons (Fsp3) is 0.688. The lowest BCUT2D eigenvalue weighted by Gasteiger charge is -2.11. The van der Waals surface area contributed by atoms with Gasteiger partial charge in [0.05, 0.1) is 32.5 Å². The van der Waals surface area contributed by atoms with Crippen molar-refractivity contribution in [2.45, 2.75) is 38.2 Å². The highest BCUT2D eigenvalue weighted by molar-refractivity contribution is 5.87. The third kappa shape index (κ3) is 8.65. The molecule has 1 fully saturated rings. The molecule has 120 valence electrons. The van der Waals surface area contributed by atoms with Crippen LogP contribution in [0.2, 0.25) is 0 Å². The molecule has 5 nitrogen and oxygen atoms in total. The summed E-state index contributed by atoms with van der Waals surface area (Å²) in [4.78, 5) is 11.5. The van der Waals surface area contributed by atoms with Crippen LogP contribution in [0.5, 0.6) is 0 Å². The summed E-state index contributed by atoms with van der Waals surface area (Å²) in [6.07, 6.45) is 7.31. The van der Waals surface area contributed by atoms with Gasteiger partial charge >= 0.3 is 5.97 Å². The van der Waals surface area contributed by atoms with E-state index in [2.05, 4.69) is 13.2 Å². The molecule has 5 heteroatoms. The smallest absolute Gasteiger partial charge is 0.335 e. The fourth-order valence-corrected chi connectivity index (χ4v) is 2.06. The number of carbonyl (C=O) groups excluding carboxylic acids is 1. The molecule has 0 spiro atoms. The van der Waals surface area contributed by atoms with Gasteiger partial charge < -0.3 is 18.9 Å². The number of esters is 1. The van der Waals surface area contributed by atoms with Gasteiger partial charge in [-0.2, -0.15) is 0 Å². The van der Waals surface area contributed by atoms with E-state index in [4.69, 9.17) is 18.9 Å². The van der Waals surface area contributed by atoms with Crippen molar-refractivity contribution in [3.8, 4) is 0 Å². The standard InChI is InChI=1S/C16H26O5/c1-3-9-19-13-21-16(17)14(2)8-10-18-11-12-20-15-6-4-5-7-15/h3,15H,1-2,4-13H2. The molecule has 0 radical (unpaired) electrons. The van der Waals surface area contributed by atoms with E-state index in [9.17, 15) is 4.79 Å². The number of rotatable bonds is 12. The van der Waals surface area contributed by atoms with E-state index in [-0.39, 0.29) is 6.79 Å². The molecule has 0 heterocycles. The average molecular weight is 298 g/mol. The van der Waals surface area contributed by atoms with Gasteiger partial charge in [0.1, 0.15) is 0 Å². The van der Waals surface area contributed by atoms with Crippen LogP contribution >= 0.6 is 0 Å². The SMILES string of the molecule is C=CCOCOC(=O)C(=C)CCOCCOC1CCCC1. The topological polar surface area (TPSA) is 54.0 Å². The maximum atomic E-state index is 11.5. The van der Waals surface area contributed by atoms with Crippen LogP contribution < -0.4 is 0 Å². The van der Waals surface area contributed by atoms with E-state index < -0.39 is 5.97 Å². The number of hydrogen-bond acceptors (Lipinski definition) is 5. The van der Waals surface area contributed by atoms with Crippen molar-refractivity contribution in [3.05, 3.63) is 24.8 Å². The number of ether oxygens (including phenoxy) is 4. The summed E-state index contributed by atoms with van der Waals surface area (Å²) in [5, 5.41) is 0. The molecular weight excluding hydrogens is 272 g/mol. The van der Waals surface area contributed by atoms with E-state index in [0.717, 1.165) is 12.8 Å². The third-order valence-electron chi connectivity index (χ3n) is 3.23. The van der Waals surface area contributed by atoms with Gasteiger partial charge in [0.25, 0.3) is 0 Å². The van der Waals surface area contributed by atoms with E-state index in [0.29, 0.717) is 44.5 Å². The molecule has 21 heavy (non-hydrogen) atoms. The van der Waals surface area contributed by atoms with Crippen LogP contribution in [-0.2, 0) is 23.7 Å². The van der Waals surface area contributed by atoms with Crippen molar-refractivity contribution >= 4 is 5.97 Å². The first-order valence-electron chi connectivity index (χ1n) is 7.47. The summed E-state index contributed by atoms with van der Waals surface area (Å²) in [7, 11) is 0. The molecular formula is C16H26O5. The molecule has 1 aliphatic rings. The summed E-state index contributed by atoms with van der Waals surface area (Å²) >= 11 is 0. The summed E-state index contributed by atoms with van der Waals surface area (Å²) in [6.45, 7) is 9.02. The molecule has 0 saturated heterocycles. The van der Waals surface area contributed by atoms with Gasteiger partial charge in [-0.05, 0) is 12.8 Å². The molecule has 1 rings (SSSR count). The quantitative estimate of drug-likeness (QED) is 0.182. The van der Waals surface area contributed by atoms with Gasteiger partial charge in [-0.3, -0.25) is 0 Å². The Labute approximate surface area is 126 Å². The number of hydrogen-bond donors (Lipinski definition) is 0. The fourth-order valence-electron chi connectivity index (χ4n) is 2.06. The molecule has 0 aromatic rings. The molecule has 0 aromatic carbocycles. The lowest BCUT2D eigenvalue weighted by Crippen LogP contribution is -2.14. The Kier molecular flexibility index (Phi) is 9.78. The predicted octanol–water partition coefficient (Wildman–Crippen LogP) is 2.61. The summed E-state index contributed by atoms with van der Waals surface area (Å²) < 4.78 is 20.9. The highest BCUT2D eigenvalue weighted by Crippen LogP contribution is 2.20. The number of carbonyl (C=O) groups is 1. The first-order chi connectivity index (χ1) is 10.2. The monoisotopic (exact) mass is 298 g/mol. The van der Waals surface area contributed by atoms with Gasteiger partial charge in [-0.1, -0.05) is 25.5 Å². The zero-order valence-electron chi connectivity index (χ0n) is 12.7. The van der Waals surface area contributed by atoms with Crippen molar-refractivity contribution in [2.24, 2.45) is 0 Å². The molecule has 0 aliphatic heterocycles. The van der Waals surface area contributed by atoms with Gasteiger partial charge in [0.15, 0.2) is 6.79 Å². The van der Waals surface area contributed by atoms with Crippen molar-refractivity contribution in [3.63, 3.8) is 0 Å². The van der Waals surface area contributed by atoms with Crippen molar-refractivity contribution < 1.29 is 23.7 Å². The van der Waals surface area contributed by atoms with Gasteiger partial charge in [-0.25, -0.2) is 4.79 Å². The zero-order chi connectivity index (χ0) is 15.3. The zero-order valence-corrected chi connectivity index (χ0v) is 12.7. The Balaban J connectivity index is 1.92. The van der Waals surface area contributed by atoms with Crippen LogP contribution in [0.1, 0.15) is 32.1 Å². The lowest BCUT2D eigenvalue weighted by atomic mass is 10.2. The minimum atomic E-state index is -0.454. The summed E-state index contributed by atoms with van der Waals surface area (Å²) in [5.41, 5.74) is 0.383. The molecule has 1 aliphatic carbocycles. The normalized spacial score (nSPS) is 15.0. The minimum Gasteiger partial charge on any atom is -0.435 e. The Morgan fingerprint density at radius 1 is 1.14 bits per heavy atom. The second kappa shape index (κ2) is 11.5. The Hall–Kier alpha value is -1.17. The predicted molar refractivity (Wildman–Crippen MR) is 79.9 cm³/mol. The highest BCUT2D eigenvalue weighted by atomic mass is 16.7. The highest BCUT2D eigenvalue weighted by Gasteiger charge is 2.14. The second-order valence-electron chi connectivity index (χ2n) is 4.95. The maximum Gasteiger partial charge on any atom is 0.335 e. The molecule has 0 unspecified atom stereocenters. The molecule has 0 atom stereocenters. The molecule has 0 N–H and O–H groups in total. The first kappa shape index (κ1) is 17.9. The molecule has 0 aromatic heterocycles. The largest absolute Gasteiger partial charge is 0.435 e. The Morgan fingerprint density at radius 2 is 1.90 bits per heavy atom. The van der Waals surface area contributed by atoms with Crippen LogP contribution in [0.25, 0.3) is 0 Å². The van der Waals surface area contributed by atoms with Crippen molar-refractivity contribution in [1.29, 1.82) is 0 Å². The molecule has 0 bridgehead atoms. The van der Waals surface area contributed by atoms with Crippen LogP contribution in [0.4, 0.5) is 0 Å². The van der Waals surface area contributed by atoms with Gasteiger partial charge in [0, 0.05) is 12.0 Å². The van der Waals surface area contributed by atoms with Crippen LogP contribution in [0, 0.1) is 0 Å². The van der Waals surface area contributed by atoms with Crippen LogP contribution in [0.15, 0.2) is 24.8 Å². The molecule has 1 saturated carbocycles. The lowest BCUT2D eigenvalue weighted by molar-refractivity contribution is -0.150. The second-order valence-corrected chi connectivity index (χ2v) is 4.95. The van der Waals surface area contributed by atoms with Crippen LogP contribution in [-0.4, -0.2) is 45.3 Å². The van der Waals surface area contributed by atoms with Crippen LogP contribution in [0.3, 0.4) is 0 Å². The molecule has 0 amide bonds. The average Bonchev–Trinajstić information content (AvgIpc) is 3.00. The Morgan fingerprint density at radius 3 is 2.62 bits per heavy atom.